The summed E-state index contributed by atoms with van der Waals surface area (Å²) in [5.74, 6) is 0.628. The van der Waals surface area contributed by atoms with E-state index in [0.29, 0.717) is 30.1 Å². The SMILES string of the molecule is FC(F)(F)Cn1nc(-c2ccncc2)nc1CC[C@H]1CCCO1. The summed E-state index contributed by atoms with van der Waals surface area (Å²) in [5, 5.41) is 4.03. The maximum atomic E-state index is 12.8. The number of hydrogen-bond acceptors (Lipinski definition) is 4. The number of alkyl halides is 3. The summed E-state index contributed by atoms with van der Waals surface area (Å²) in [6, 6.07) is 3.36. The Morgan fingerprint density at radius 3 is 2.70 bits per heavy atom. The highest BCUT2D eigenvalue weighted by atomic mass is 19.4. The van der Waals surface area contributed by atoms with Gasteiger partial charge >= 0.3 is 6.18 Å². The van der Waals surface area contributed by atoms with E-state index in [-0.39, 0.29) is 6.10 Å². The predicted molar refractivity (Wildman–Crippen MR) is 76.6 cm³/mol. The van der Waals surface area contributed by atoms with E-state index in [4.69, 9.17) is 4.74 Å². The Bertz CT molecular complexity index is 636. The number of rotatable bonds is 5. The fourth-order valence-corrected chi connectivity index (χ4v) is 2.64. The Balaban J connectivity index is 1.81. The predicted octanol–water partition coefficient (Wildman–Crippen LogP) is 3.01. The van der Waals surface area contributed by atoms with Gasteiger partial charge in [-0.1, -0.05) is 0 Å². The minimum atomic E-state index is -4.33. The van der Waals surface area contributed by atoms with E-state index in [9.17, 15) is 13.2 Å². The molecule has 1 saturated heterocycles. The highest BCUT2D eigenvalue weighted by Gasteiger charge is 2.30. The molecule has 3 rings (SSSR count). The van der Waals surface area contributed by atoms with Crippen LogP contribution in [0.15, 0.2) is 24.5 Å². The molecule has 1 atom stereocenters. The lowest BCUT2D eigenvalue weighted by Gasteiger charge is -2.11. The Morgan fingerprint density at radius 2 is 2.04 bits per heavy atom. The van der Waals surface area contributed by atoms with Crippen molar-refractivity contribution in [1.29, 1.82) is 0 Å². The Morgan fingerprint density at radius 1 is 1.26 bits per heavy atom. The van der Waals surface area contributed by atoms with Crippen LogP contribution in [0.3, 0.4) is 0 Å². The standard InChI is InChI=1S/C15H17F3N4O/c16-15(17,18)10-22-13(4-3-12-2-1-9-23-12)20-14(21-22)11-5-7-19-8-6-11/h5-8,12H,1-4,9-10H2/t12-/m1/s1. The van der Waals surface area contributed by atoms with E-state index >= 15 is 0 Å². The van der Waals surface area contributed by atoms with Gasteiger partial charge in [0.15, 0.2) is 5.82 Å². The quantitative estimate of drug-likeness (QED) is 0.847. The van der Waals surface area contributed by atoms with Crippen molar-refractivity contribution in [2.75, 3.05) is 6.61 Å². The van der Waals surface area contributed by atoms with Crippen molar-refractivity contribution in [3.63, 3.8) is 0 Å². The lowest BCUT2D eigenvalue weighted by Crippen LogP contribution is -2.21. The molecule has 0 radical (unpaired) electrons. The molecule has 1 aliphatic rings. The van der Waals surface area contributed by atoms with Gasteiger partial charge in [-0.3, -0.25) is 4.98 Å². The third kappa shape index (κ3) is 4.28. The van der Waals surface area contributed by atoms with Crippen LogP contribution in [0.5, 0.6) is 0 Å². The summed E-state index contributed by atoms with van der Waals surface area (Å²) in [7, 11) is 0. The number of aryl methyl sites for hydroxylation is 1. The number of nitrogens with zero attached hydrogens (tertiary/aromatic N) is 4. The molecule has 2 aromatic rings. The van der Waals surface area contributed by atoms with Gasteiger partial charge in [-0.25, -0.2) is 9.67 Å². The molecule has 1 fully saturated rings. The summed E-state index contributed by atoms with van der Waals surface area (Å²) < 4.78 is 44.7. The fraction of sp³-hybridized carbons (Fsp3) is 0.533. The third-order valence-corrected chi connectivity index (χ3v) is 3.73. The summed E-state index contributed by atoms with van der Waals surface area (Å²) in [5.41, 5.74) is 0.652. The number of hydrogen-bond donors (Lipinski definition) is 0. The molecule has 0 spiro atoms. The zero-order valence-corrected chi connectivity index (χ0v) is 12.5. The molecule has 0 bridgehead atoms. The van der Waals surface area contributed by atoms with Gasteiger partial charge in [0.05, 0.1) is 6.10 Å². The summed E-state index contributed by atoms with van der Waals surface area (Å²) in [6.07, 6.45) is 1.92. The van der Waals surface area contributed by atoms with E-state index in [2.05, 4.69) is 15.1 Å². The van der Waals surface area contributed by atoms with Gasteiger partial charge in [0.25, 0.3) is 0 Å². The topological polar surface area (TPSA) is 52.8 Å². The van der Waals surface area contributed by atoms with Crippen molar-refractivity contribution in [2.45, 2.75) is 44.5 Å². The van der Waals surface area contributed by atoms with Crippen LogP contribution in [0.25, 0.3) is 11.4 Å². The molecule has 3 heterocycles. The highest BCUT2D eigenvalue weighted by molar-refractivity contribution is 5.53. The molecule has 2 aromatic heterocycles. The van der Waals surface area contributed by atoms with E-state index in [0.717, 1.165) is 24.1 Å². The van der Waals surface area contributed by atoms with Gasteiger partial charge in [0.2, 0.25) is 0 Å². The number of pyridine rings is 1. The van der Waals surface area contributed by atoms with Crippen molar-refractivity contribution in [1.82, 2.24) is 19.7 Å². The lowest BCUT2D eigenvalue weighted by molar-refractivity contribution is -0.143. The molecule has 0 amide bonds. The molecular weight excluding hydrogens is 309 g/mol. The van der Waals surface area contributed by atoms with Crippen LogP contribution in [0.1, 0.15) is 25.1 Å². The Hall–Kier alpha value is -1.96. The minimum absolute atomic E-state index is 0.107. The van der Waals surface area contributed by atoms with Crippen LogP contribution in [0, 0.1) is 0 Å². The molecular formula is C15H17F3N4O. The molecule has 5 nitrogen and oxygen atoms in total. The molecule has 124 valence electrons. The van der Waals surface area contributed by atoms with Gasteiger partial charge in [-0.2, -0.15) is 18.3 Å². The van der Waals surface area contributed by atoms with Gasteiger partial charge in [-0.05, 0) is 31.4 Å². The van der Waals surface area contributed by atoms with Gasteiger partial charge in [0.1, 0.15) is 12.4 Å². The summed E-state index contributed by atoms with van der Waals surface area (Å²) in [6.45, 7) is -0.409. The van der Waals surface area contributed by atoms with Crippen molar-refractivity contribution in [3.05, 3.63) is 30.4 Å². The largest absolute Gasteiger partial charge is 0.408 e. The van der Waals surface area contributed by atoms with Crippen LogP contribution < -0.4 is 0 Å². The van der Waals surface area contributed by atoms with Crippen molar-refractivity contribution < 1.29 is 17.9 Å². The monoisotopic (exact) mass is 326 g/mol. The zero-order chi connectivity index (χ0) is 16.3. The minimum Gasteiger partial charge on any atom is -0.378 e. The van der Waals surface area contributed by atoms with Crippen LogP contribution >= 0.6 is 0 Å². The van der Waals surface area contributed by atoms with Gasteiger partial charge in [0, 0.05) is 31.0 Å². The average molecular weight is 326 g/mol. The molecule has 0 aromatic carbocycles. The van der Waals surface area contributed by atoms with Crippen molar-refractivity contribution >= 4 is 0 Å². The average Bonchev–Trinajstić information content (AvgIpc) is 3.14. The smallest absolute Gasteiger partial charge is 0.378 e. The molecule has 0 aliphatic carbocycles. The van der Waals surface area contributed by atoms with E-state index in [1.807, 2.05) is 0 Å². The summed E-state index contributed by atoms with van der Waals surface area (Å²) in [4.78, 5) is 8.18. The second kappa shape index (κ2) is 6.66. The molecule has 0 unspecified atom stereocenters. The first-order chi connectivity index (χ1) is 11.0. The van der Waals surface area contributed by atoms with Crippen LogP contribution in [0.2, 0.25) is 0 Å². The Kier molecular flexibility index (Phi) is 4.61. The highest BCUT2D eigenvalue weighted by Crippen LogP contribution is 2.23. The third-order valence-electron chi connectivity index (χ3n) is 3.73. The number of aromatic nitrogens is 4. The van der Waals surface area contributed by atoms with Gasteiger partial charge < -0.3 is 4.74 Å². The second-order valence-corrected chi connectivity index (χ2v) is 5.53. The Labute approximate surface area is 131 Å². The van der Waals surface area contributed by atoms with Crippen LogP contribution in [0.4, 0.5) is 13.2 Å². The van der Waals surface area contributed by atoms with E-state index in [1.165, 1.54) is 0 Å². The first kappa shape index (κ1) is 15.9. The number of halogens is 3. The van der Waals surface area contributed by atoms with Crippen LogP contribution in [-0.4, -0.2) is 38.6 Å². The maximum absolute atomic E-state index is 12.8. The first-order valence-corrected chi connectivity index (χ1v) is 7.54. The molecule has 8 heteroatoms. The maximum Gasteiger partial charge on any atom is 0.408 e. The summed E-state index contributed by atoms with van der Waals surface area (Å²) >= 11 is 0. The van der Waals surface area contributed by atoms with Crippen LogP contribution in [-0.2, 0) is 17.7 Å². The zero-order valence-electron chi connectivity index (χ0n) is 12.5. The molecule has 0 N–H and O–H groups in total. The van der Waals surface area contributed by atoms with E-state index < -0.39 is 12.7 Å². The molecule has 0 saturated carbocycles. The normalized spacial score (nSPS) is 18.5. The van der Waals surface area contributed by atoms with Crippen molar-refractivity contribution in [2.24, 2.45) is 0 Å². The van der Waals surface area contributed by atoms with Gasteiger partial charge in [-0.15, -0.1) is 0 Å². The fourth-order valence-electron chi connectivity index (χ4n) is 2.64. The first-order valence-electron chi connectivity index (χ1n) is 7.54. The number of ether oxygens (including phenoxy) is 1. The molecule has 1 aliphatic heterocycles. The second-order valence-electron chi connectivity index (χ2n) is 5.53. The lowest BCUT2D eigenvalue weighted by atomic mass is 10.1. The van der Waals surface area contributed by atoms with E-state index in [1.54, 1.807) is 24.5 Å². The molecule has 23 heavy (non-hydrogen) atoms. The van der Waals surface area contributed by atoms with Crippen molar-refractivity contribution in [3.8, 4) is 11.4 Å².